The number of hydrogen-bond acceptors (Lipinski definition) is 10. The number of nitrogens with two attached hydrogens (primary N) is 3. The highest BCUT2D eigenvalue weighted by molar-refractivity contribution is 6.00. The van der Waals surface area contributed by atoms with Crippen LogP contribution in [0.25, 0.3) is 10.8 Å². The number of Topliss-reactive ketones (excluding diaryl/α,β-unsaturated/α-hetero) is 1. The molecule has 3 unspecified atom stereocenters. The quantitative estimate of drug-likeness (QED) is 0.0565. The summed E-state index contributed by atoms with van der Waals surface area (Å²) in [4.78, 5) is 74.5. The van der Waals surface area contributed by atoms with Gasteiger partial charge in [-0.05, 0) is 81.7 Å². The van der Waals surface area contributed by atoms with Gasteiger partial charge in [0.1, 0.15) is 11.6 Å². The van der Waals surface area contributed by atoms with Gasteiger partial charge in [0.05, 0.1) is 24.3 Å². The van der Waals surface area contributed by atoms with Crippen LogP contribution in [0.15, 0.2) is 54.4 Å². The Balaban J connectivity index is 0.000000791. The molecule has 2 aliphatic carbocycles. The van der Waals surface area contributed by atoms with Gasteiger partial charge in [-0.15, -0.1) is 0 Å². The summed E-state index contributed by atoms with van der Waals surface area (Å²) in [5.74, 6) is 5.67. The van der Waals surface area contributed by atoms with Gasteiger partial charge in [-0.2, -0.15) is 0 Å². The number of amides is 6. The van der Waals surface area contributed by atoms with Gasteiger partial charge >= 0.3 is 6.03 Å². The molecular weight excluding hydrogens is 743 g/mol. The molecule has 6 amide bonds. The van der Waals surface area contributed by atoms with Crippen molar-refractivity contribution in [1.29, 1.82) is 0 Å². The normalized spacial score (nSPS) is 18.7. The minimum absolute atomic E-state index is 0.00597. The van der Waals surface area contributed by atoms with Gasteiger partial charge in [0.25, 0.3) is 5.91 Å². The zero-order chi connectivity index (χ0) is 42.8. The molecule has 16 nitrogen and oxygen atoms in total. The number of urea groups is 1. The number of primary amides is 1. The number of carbonyl (C=O) groups is 6. The van der Waals surface area contributed by atoms with Crippen molar-refractivity contribution in [2.24, 2.45) is 23.2 Å². The third kappa shape index (κ3) is 15.3. The van der Waals surface area contributed by atoms with E-state index in [1.165, 1.54) is 69.0 Å². The Morgan fingerprint density at radius 2 is 1.62 bits per heavy atom. The first-order valence-electron chi connectivity index (χ1n) is 20.3. The van der Waals surface area contributed by atoms with Crippen LogP contribution in [0.2, 0.25) is 0 Å². The number of carbonyl (C=O) groups excluding carboxylic acids is 6. The molecule has 16 heteroatoms. The first-order valence-corrected chi connectivity index (χ1v) is 20.3. The van der Waals surface area contributed by atoms with Gasteiger partial charge in [-0.3, -0.25) is 24.0 Å². The van der Waals surface area contributed by atoms with Crippen LogP contribution in [0.1, 0.15) is 109 Å². The highest BCUT2D eigenvalue weighted by Crippen LogP contribution is 2.28. The van der Waals surface area contributed by atoms with E-state index in [2.05, 4.69) is 33.9 Å². The standard InChI is InChI=1S/C34H48N8O6.C7H14.CH3NO/c1-21(43)27(10-6-7-15-37-33(47)39-25-13-14-25)40-32(46)28-17-26(42(36)29(18-35)34(2,3)48)20-41(28)30(44)19-38-31(45)24-12-11-22-8-4-5-9-23(22)16-24;1-7-5-3-2-4-6-7;2-1-3/h4-5,8-9,11-12,16,18,25-28,48H,6-7,10,13-15,17,19-20,35-36H2,1-3H3,(H,38,45)(H,40,46)(H2,37,39,47);7H,2-6H2,1H3;1H,(H2,2,3)/b29-18-;;. The first kappa shape index (κ1) is 47.2. The molecule has 0 aromatic heterocycles. The van der Waals surface area contributed by atoms with Crippen LogP contribution in [0.3, 0.4) is 0 Å². The molecule has 58 heavy (non-hydrogen) atoms. The fourth-order valence-electron chi connectivity index (χ4n) is 7.12. The van der Waals surface area contributed by atoms with Crippen molar-refractivity contribution in [3.8, 4) is 0 Å². The summed E-state index contributed by atoms with van der Waals surface area (Å²) in [6, 6.07) is 10.5. The van der Waals surface area contributed by atoms with E-state index in [0.717, 1.165) is 29.5 Å². The van der Waals surface area contributed by atoms with E-state index in [-0.39, 0.29) is 49.5 Å². The average molecular weight is 808 g/mol. The van der Waals surface area contributed by atoms with Gasteiger partial charge in [-0.25, -0.2) is 10.6 Å². The molecule has 3 aliphatic rings. The molecule has 3 fully saturated rings. The second-order valence-corrected chi connectivity index (χ2v) is 15.9. The fraction of sp³-hybridized carbons (Fsp3) is 0.571. The number of aliphatic hydroxyl groups is 1. The Labute approximate surface area is 342 Å². The Kier molecular flexibility index (Phi) is 18.9. The topological polar surface area (TPSA) is 255 Å². The van der Waals surface area contributed by atoms with Crippen LogP contribution in [0, 0.1) is 5.92 Å². The van der Waals surface area contributed by atoms with Crippen LogP contribution < -0.4 is 38.6 Å². The molecule has 2 aromatic carbocycles. The fourth-order valence-corrected chi connectivity index (χ4v) is 7.12. The monoisotopic (exact) mass is 808 g/mol. The maximum atomic E-state index is 13.7. The number of ketones is 1. The second kappa shape index (κ2) is 23.3. The molecule has 2 saturated carbocycles. The minimum atomic E-state index is -1.40. The minimum Gasteiger partial charge on any atom is -0.403 e. The Morgan fingerprint density at radius 1 is 0.966 bits per heavy atom. The van der Waals surface area contributed by atoms with E-state index in [0.29, 0.717) is 31.4 Å². The summed E-state index contributed by atoms with van der Waals surface area (Å²) < 4.78 is 0. The zero-order valence-corrected chi connectivity index (χ0v) is 34.5. The van der Waals surface area contributed by atoms with Crippen molar-refractivity contribution < 1.29 is 33.9 Å². The van der Waals surface area contributed by atoms with Gasteiger partial charge < -0.3 is 47.7 Å². The largest absolute Gasteiger partial charge is 0.403 e. The first-order chi connectivity index (χ1) is 27.6. The van der Waals surface area contributed by atoms with E-state index in [4.69, 9.17) is 16.4 Å². The molecule has 11 N–H and O–H groups in total. The molecule has 1 aliphatic heterocycles. The summed E-state index contributed by atoms with van der Waals surface area (Å²) in [5, 5.41) is 24.8. The maximum Gasteiger partial charge on any atom is 0.315 e. The van der Waals surface area contributed by atoms with Crippen molar-refractivity contribution in [3.05, 3.63) is 59.9 Å². The summed E-state index contributed by atoms with van der Waals surface area (Å²) in [5.41, 5.74) is 9.13. The van der Waals surface area contributed by atoms with Gasteiger partial charge in [0, 0.05) is 37.3 Å². The number of nitrogens with zero attached hydrogens (tertiary/aromatic N) is 2. The molecule has 1 saturated heterocycles. The molecule has 0 radical (unpaired) electrons. The van der Waals surface area contributed by atoms with Gasteiger partial charge in [0.2, 0.25) is 18.2 Å². The zero-order valence-electron chi connectivity index (χ0n) is 34.5. The molecule has 1 heterocycles. The molecular formula is C42H65N9O7. The lowest BCUT2D eigenvalue weighted by molar-refractivity contribution is -0.138. The van der Waals surface area contributed by atoms with E-state index in [1.54, 1.807) is 12.1 Å². The van der Waals surface area contributed by atoms with Crippen LogP contribution >= 0.6 is 0 Å². The van der Waals surface area contributed by atoms with Crippen molar-refractivity contribution in [3.63, 3.8) is 0 Å². The van der Waals surface area contributed by atoms with Gasteiger partial charge in [-0.1, -0.05) is 69.4 Å². The Hall–Kier alpha value is -5.22. The predicted octanol–water partition coefficient (Wildman–Crippen LogP) is 2.68. The predicted molar refractivity (Wildman–Crippen MR) is 223 cm³/mol. The number of fused-ring (bicyclic) bond motifs is 1. The summed E-state index contributed by atoms with van der Waals surface area (Å²) in [7, 11) is 0. The number of unbranched alkanes of at least 4 members (excludes halogenated alkanes) is 1. The summed E-state index contributed by atoms with van der Waals surface area (Å²) in [6.07, 6.45) is 12.5. The van der Waals surface area contributed by atoms with E-state index in [9.17, 15) is 29.1 Å². The Bertz CT molecular complexity index is 1720. The van der Waals surface area contributed by atoms with Crippen molar-refractivity contribution in [2.75, 3.05) is 19.6 Å². The van der Waals surface area contributed by atoms with Crippen LogP contribution in [0.5, 0.6) is 0 Å². The smallest absolute Gasteiger partial charge is 0.315 e. The SMILES string of the molecule is CC(=O)C(CCCCNC(=O)NC1CC1)NC(=O)C1CC(N(N)/C(=C\N)C(C)(C)O)CN1C(=O)CNC(=O)c1ccc2ccccc2c1.CC1CCCCC1.NC=O. The number of likely N-dealkylation sites (tertiary alicyclic amines) is 1. The highest BCUT2D eigenvalue weighted by atomic mass is 16.3. The number of hydrazine groups is 1. The van der Waals surface area contributed by atoms with E-state index in [1.807, 2.05) is 30.3 Å². The summed E-state index contributed by atoms with van der Waals surface area (Å²) in [6.45, 7) is 6.84. The molecule has 0 spiro atoms. The van der Waals surface area contributed by atoms with Gasteiger partial charge in [0.15, 0.2) is 5.78 Å². The number of hydrogen-bond donors (Lipinski definition) is 8. The van der Waals surface area contributed by atoms with Crippen LogP contribution in [-0.2, 0) is 19.2 Å². The summed E-state index contributed by atoms with van der Waals surface area (Å²) >= 11 is 0. The molecule has 2 aromatic rings. The van der Waals surface area contributed by atoms with Crippen molar-refractivity contribution >= 4 is 46.7 Å². The molecule has 5 rings (SSSR count). The third-order valence-corrected chi connectivity index (χ3v) is 10.6. The molecule has 320 valence electrons. The lowest BCUT2D eigenvalue weighted by atomic mass is 9.91. The number of nitrogens with one attached hydrogen (secondary N) is 4. The highest BCUT2D eigenvalue weighted by Gasteiger charge is 2.43. The van der Waals surface area contributed by atoms with Crippen molar-refractivity contribution in [1.82, 2.24) is 31.2 Å². The number of benzene rings is 2. The Morgan fingerprint density at radius 3 is 2.19 bits per heavy atom. The van der Waals surface area contributed by atoms with E-state index >= 15 is 0 Å². The van der Waals surface area contributed by atoms with E-state index < -0.39 is 41.4 Å². The lowest BCUT2D eigenvalue weighted by Crippen LogP contribution is -2.52. The number of rotatable bonds is 15. The lowest BCUT2D eigenvalue weighted by Gasteiger charge is -2.34. The second-order valence-electron chi connectivity index (χ2n) is 15.9. The third-order valence-electron chi connectivity index (χ3n) is 10.6. The molecule has 3 atom stereocenters. The van der Waals surface area contributed by atoms with Crippen molar-refractivity contribution in [2.45, 2.75) is 128 Å². The maximum absolute atomic E-state index is 13.7. The van der Waals surface area contributed by atoms with Crippen LogP contribution in [0.4, 0.5) is 4.79 Å². The van der Waals surface area contributed by atoms with Crippen LogP contribution in [-0.4, -0.2) is 100 Å². The average Bonchev–Trinajstić information content (AvgIpc) is 3.88. The molecule has 0 bridgehead atoms.